The Balaban J connectivity index is 1.25. The van der Waals surface area contributed by atoms with Gasteiger partial charge in [0.15, 0.2) is 5.96 Å². The molecule has 1 amide bonds. The van der Waals surface area contributed by atoms with Gasteiger partial charge in [0, 0.05) is 46.4 Å². The van der Waals surface area contributed by atoms with E-state index in [1.807, 2.05) is 35.2 Å². The Labute approximate surface area is 190 Å². The van der Waals surface area contributed by atoms with E-state index >= 15 is 0 Å². The minimum Gasteiger partial charge on any atom is -0.489 e. The molecule has 2 fully saturated rings. The van der Waals surface area contributed by atoms with Crippen LogP contribution in [0, 0.1) is 0 Å². The highest BCUT2D eigenvalue weighted by atomic mass is 16.5. The number of hydrogen-bond acceptors (Lipinski definition) is 4. The molecular formula is C25H32N4O3. The van der Waals surface area contributed by atoms with Crippen molar-refractivity contribution in [3.8, 4) is 5.75 Å². The van der Waals surface area contributed by atoms with E-state index in [4.69, 9.17) is 9.47 Å². The summed E-state index contributed by atoms with van der Waals surface area (Å²) in [6.07, 6.45) is 1.58. The monoisotopic (exact) mass is 436 g/mol. The summed E-state index contributed by atoms with van der Waals surface area (Å²) in [7, 11) is 1.80. The van der Waals surface area contributed by atoms with E-state index in [0.717, 1.165) is 48.8 Å². The average Bonchev–Trinajstić information content (AvgIpc) is 3.39. The summed E-state index contributed by atoms with van der Waals surface area (Å²) in [5, 5.41) is 3.45. The molecule has 0 radical (unpaired) electrons. The first-order valence-electron chi connectivity index (χ1n) is 11.3. The van der Waals surface area contributed by atoms with Crippen LogP contribution >= 0.6 is 0 Å². The summed E-state index contributed by atoms with van der Waals surface area (Å²) in [6.45, 7) is 4.82. The third-order valence-electron chi connectivity index (χ3n) is 5.91. The average molecular weight is 437 g/mol. The zero-order valence-corrected chi connectivity index (χ0v) is 18.7. The molecule has 0 aliphatic carbocycles. The second-order valence-electron chi connectivity index (χ2n) is 8.14. The van der Waals surface area contributed by atoms with Crippen molar-refractivity contribution in [2.75, 3.05) is 39.8 Å². The molecule has 32 heavy (non-hydrogen) atoms. The summed E-state index contributed by atoms with van der Waals surface area (Å²) in [5.74, 6) is 1.84. The molecule has 2 saturated heterocycles. The molecule has 0 aromatic heterocycles. The third-order valence-corrected chi connectivity index (χ3v) is 5.91. The van der Waals surface area contributed by atoms with Crippen LogP contribution in [0.3, 0.4) is 0 Å². The maximum absolute atomic E-state index is 12.6. The summed E-state index contributed by atoms with van der Waals surface area (Å²) in [4.78, 5) is 21.1. The highest BCUT2D eigenvalue weighted by Crippen LogP contribution is 2.17. The van der Waals surface area contributed by atoms with E-state index in [1.54, 1.807) is 7.05 Å². The highest BCUT2D eigenvalue weighted by Gasteiger charge is 2.30. The quantitative estimate of drug-likeness (QED) is 0.557. The topological polar surface area (TPSA) is 66.4 Å². The Bertz CT molecular complexity index is 904. The van der Waals surface area contributed by atoms with Gasteiger partial charge in [-0.05, 0) is 36.1 Å². The first-order valence-corrected chi connectivity index (χ1v) is 11.3. The fourth-order valence-electron chi connectivity index (χ4n) is 4.11. The predicted molar refractivity (Wildman–Crippen MR) is 125 cm³/mol. The van der Waals surface area contributed by atoms with Gasteiger partial charge in [-0.2, -0.15) is 0 Å². The molecule has 2 aromatic carbocycles. The number of carbonyl (C=O) groups excluding carboxylic acids is 1. The maximum atomic E-state index is 12.6. The zero-order chi connectivity index (χ0) is 22.2. The van der Waals surface area contributed by atoms with Crippen LogP contribution in [-0.2, 0) is 22.7 Å². The van der Waals surface area contributed by atoms with Gasteiger partial charge < -0.3 is 24.6 Å². The summed E-state index contributed by atoms with van der Waals surface area (Å²) >= 11 is 0. The second-order valence-corrected chi connectivity index (χ2v) is 8.14. The highest BCUT2D eigenvalue weighted by molar-refractivity contribution is 5.82. The van der Waals surface area contributed by atoms with Crippen LogP contribution in [0.2, 0.25) is 0 Å². The number of rotatable bonds is 6. The standard InChI is InChI=1S/C25H32N4O3/c1-26-25(29-14-12-28(13-15-29)24(30)23-11-6-16-31-23)27-18-21-9-5-10-22(17-21)32-19-20-7-3-2-4-8-20/h2-5,7-10,17,23H,6,11-16,18-19H2,1H3,(H,26,27). The molecule has 2 aliphatic heterocycles. The molecule has 4 rings (SSSR count). The van der Waals surface area contributed by atoms with E-state index in [-0.39, 0.29) is 12.0 Å². The summed E-state index contributed by atoms with van der Waals surface area (Å²) < 4.78 is 11.5. The minimum atomic E-state index is -0.240. The Kier molecular flexibility index (Phi) is 7.61. The number of benzene rings is 2. The first-order chi connectivity index (χ1) is 15.7. The molecule has 7 heteroatoms. The van der Waals surface area contributed by atoms with E-state index in [2.05, 4.69) is 39.5 Å². The number of piperazine rings is 1. The number of amides is 1. The smallest absolute Gasteiger partial charge is 0.251 e. The largest absolute Gasteiger partial charge is 0.489 e. The second kappa shape index (κ2) is 11.0. The number of hydrogen-bond donors (Lipinski definition) is 1. The normalized spacial score (nSPS) is 19.2. The zero-order valence-electron chi connectivity index (χ0n) is 18.7. The van der Waals surface area contributed by atoms with E-state index < -0.39 is 0 Å². The Hall–Kier alpha value is -3.06. The Morgan fingerprint density at radius 2 is 1.81 bits per heavy atom. The number of carbonyl (C=O) groups is 1. The van der Waals surface area contributed by atoms with E-state index in [9.17, 15) is 4.79 Å². The van der Waals surface area contributed by atoms with Crippen molar-refractivity contribution in [1.29, 1.82) is 0 Å². The molecule has 1 unspecified atom stereocenters. The minimum absolute atomic E-state index is 0.136. The molecular weight excluding hydrogens is 404 g/mol. The van der Waals surface area contributed by atoms with Gasteiger partial charge in [-0.15, -0.1) is 0 Å². The Morgan fingerprint density at radius 3 is 2.53 bits per heavy atom. The molecule has 2 heterocycles. The number of nitrogens with zero attached hydrogens (tertiary/aromatic N) is 3. The molecule has 0 bridgehead atoms. The lowest BCUT2D eigenvalue weighted by molar-refractivity contribution is -0.142. The molecule has 170 valence electrons. The predicted octanol–water partition coefficient (Wildman–Crippen LogP) is 2.66. The van der Waals surface area contributed by atoms with Crippen LogP contribution in [0.4, 0.5) is 0 Å². The SMILES string of the molecule is CN=C(NCc1cccc(OCc2ccccc2)c1)N1CCN(C(=O)C2CCCO2)CC1. The molecule has 1 N–H and O–H groups in total. The van der Waals surface area contributed by atoms with Crippen molar-refractivity contribution in [2.45, 2.75) is 32.1 Å². The van der Waals surface area contributed by atoms with Crippen molar-refractivity contribution < 1.29 is 14.3 Å². The molecule has 2 aromatic rings. The van der Waals surface area contributed by atoms with Gasteiger partial charge in [0.2, 0.25) is 0 Å². The van der Waals surface area contributed by atoms with Crippen LogP contribution in [0.25, 0.3) is 0 Å². The van der Waals surface area contributed by atoms with Gasteiger partial charge in [-0.3, -0.25) is 9.79 Å². The van der Waals surface area contributed by atoms with Gasteiger partial charge >= 0.3 is 0 Å². The van der Waals surface area contributed by atoms with Gasteiger partial charge in [-0.1, -0.05) is 42.5 Å². The molecule has 7 nitrogen and oxygen atoms in total. The van der Waals surface area contributed by atoms with Crippen LogP contribution in [0.15, 0.2) is 59.6 Å². The van der Waals surface area contributed by atoms with Gasteiger partial charge in [0.25, 0.3) is 5.91 Å². The van der Waals surface area contributed by atoms with Gasteiger partial charge in [0.1, 0.15) is 18.5 Å². The lowest BCUT2D eigenvalue weighted by Crippen LogP contribution is -2.55. The van der Waals surface area contributed by atoms with Gasteiger partial charge in [-0.25, -0.2) is 0 Å². The fraction of sp³-hybridized carbons (Fsp3) is 0.440. The fourth-order valence-corrected chi connectivity index (χ4v) is 4.11. The third kappa shape index (κ3) is 5.79. The number of aliphatic imine (C=N–C) groups is 1. The van der Waals surface area contributed by atoms with Crippen molar-refractivity contribution in [1.82, 2.24) is 15.1 Å². The van der Waals surface area contributed by atoms with Crippen molar-refractivity contribution in [2.24, 2.45) is 4.99 Å². The number of guanidine groups is 1. The van der Waals surface area contributed by atoms with E-state index in [0.29, 0.717) is 32.8 Å². The summed E-state index contributed by atoms with van der Waals surface area (Å²) in [6, 6.07) is 18.3. The Morgan fingerprint density at radius 1 is 1.06 bits per heavy atom. The lowest BCUT2D eigenvalue weighted by Gasteiger charge is -2.37. The summed E-state index contributed by atoms with van der Waals surface area (Å²) in [5.41, 5.74) is 2.28. The molecule has 0 saturated carbocycles. The first kappa shape index (κ1) is 22.1. The van der Waals surface area contributed by atoms with E-state index in [1.165, 1.54) is 0 Å². The number of ether oxygens (including phenoxy) is 2. The molecule has 2 aliphatic rings. The van der Waals surface area contributed by atoms with Crippen molar-refractivity contribution in [3.05, 3.63) is 65.7 Å². The van der Waals surface area contributed by atoms with Gasteiger partial charge in [0.05, 0.1) is 0 Å². The van der Waals surface area contributed by atoms with Crippen LogP contribution in [0.1, 0.15) is 24.0 Å². The van der Waals surface area contributed by atoms with Crippen LogP contribution in [0.5, 0.6) is 5.75 Å². The lowest BCUT2D eigenvalue weighted by atomic mass is 10.2. The molecule has 0 spiro atoms. The maximum Gasteiger partial charge on any atom is 0.251 e. The van der Waals surface area contributed by atoms with Crippen molar-refractivity contribution in [3.63, 3.8) is 0 Å². The van der Waals surface area contributed by atoms with Crippen LogP contribution < -0.4 is 10.1 Å². The van der Waals surface area contributed by atoms with Crippen molar-refractivity contribution >= 4 is 11.9 Å². The van der Waals surface area contributed by atoms with Crippen LogP contribution in [-0.4, -0.2) is 67.6 Å². The number of nitrogens with one attached hydrogen (secondary N) is 1. The molecule has 1 atom stereocenters.